The van der Waals surface area contributed by atoms with Crippen molar-refractivity contribution in [2.75, 3.05) is 0 Å². The van der Waals surface area contributed by atoms with Gasteiger partial charge in [0.25, 0.3) is 0 Å². The molecule has 3 rings (SSSR count). The van der Waals surface area contributed by atoms with Gasteiger partial charge in [0, 0.05) is 31.2 Å². The second kappa shape index (κ2) is 12.4. The Bertz CT molecular complexity index is 1260. The lowest BCUT2D eigenvalue weighted by Gasteiger charge is -2.33. The van der Waals surface area contributed by atoms with E-state index < -0.39 is 11.9 Å². The molecule has 0 spiro atoms. The third-order valence-electron chi connectivity index (χ3n) is 6.77. The normalized spacial score (nSPS) is 13.9. The quantitative estimate of drug-likeness (QED) is 0.191. The molecule has 0 N–H and O–H groups in total. The van der Waals surface area contributed by atoms with Crippen molar-refractivity contribution < 1.29 is 19.3 Å². The number of fused-ring (bicyclic) bond motifs is 3. The minimum atomic E-state index is -0.523. The number of hydrogen-bond donors (Lipinski definition) is 0. The highest BCUT2D eigenvalue weighted by atomic mass is 16.7. The number of carbonyl (C=O) groups excluding carboxylic acids is 2. The predicted octanol–water partition coefficient (Wildman–Crippen LogP) is 6.80. The molecule has 1 aliphatic carbocycles. The molecule has 0 radical (unpaired) electrons. The topological polar surface area (TPSA) is 101 Å². The summed E-state index contributed by atoms with van der Waals surface area (Å²) >= 11 is 0. The van der Waals surface area contributed by atoms with Crippen molar-refractivity contribution in [1.82, 2.24) is 0 Å². The Hall–Kier alpha value is -3.79. The third-order valence-corrected chi connectivity index (χ3v) is 6.77. The maximum absolute atomic E-state index is 11.6. The zero-order valence-electron chi connectivity index (χ0n) is 22.4. The number of carbonyl (C=O) groups is 2. The SMILES string of the molecule is CCCCC1(CCCC)c2cc(C#N)ccc2-c2ccc(/C(C/C(C)=N/OC(C)=O)=N\OC(C)=O)cc21. The number of benzene rings is 2. The molecule has 2 aromatic rings. The summed E-state index contributed by atoms with van der Waals surface area (Å²) in [5.41, 5.74) is 7.04. The predicted molar refractivity (Wildman–Crippen MR) is 144 cm³/mol. The van der Waals surface area contributed by atoms with E-state index in [2.05, 4.69) is 54.5 Å². The van der Waals surface area contributed by atoms with Crippen LogP contribution in [0.4, 0.5) is 0 Å². The summed E-state index contributed by atoms with van der Waals surface area (Å²) in [7, 11) is 0. The van der Waals surface area contributed by atoms with E-state index in [1.807, 2.05) is 12.1 Å². The first-order valence-corrected chi connectivity index (χ1v) is 12.9. The third kappa shape index (κ3) is 6.32. The molecule has 194 valence electrons. The Kier molecular flexibility index (Phi) is 9.35. The fraction of sp³-hybridized carbons (Fsp3) is 0.433. The zero-order valence-corrected chi connectivity index (χ0v) is 22.4. The van der Waals surface area contributed by atoms with Gasteiger partial charge in [-0.25, -0.2) is 9.59 Å². The lowest BCUT2D eigenvalue weighted by molar-refractivity contribution is -0.141. The Balaban J connectivity index is 2.18. The molecule has 7 heteroatoms. The van der Waals surface area contributed by atoms with Crippen LogP contribution in [0.2, 0.25) is 0 Å². The monoisotopic (exact) mass is 501 g/mol. The second-order valence-corrected chi connectivity index (χ2v) is 9.63. The van der Waals surface area contributed by atoms with Gasteiger partial charge in [-0.15, -0.1) is 0 Å². The number of oxime groups is 2. The highest BCUT2D eigenvalue weighted by molar-refractivity contribution is 6.12. The minimum Gasteiger partial charge on any atom is -0.319 e. The van der Waals surface area contributed by atoms with Crippen LogP contribution >= 0.6 is 0 Å². The van der Waals surface area contributed by atoms with E-state index >= 15 is 0 Å². The molecule has 0 unspecified atom stereocenters. The average Bonchev–Trinajstić information content (AvgIpc) is 3.15. The van der Waals surface area contributed by atoms with E-state index in [0.29, 0.717) is 17.0 Å². The fourth-order valence-electron chi connectivity index (χ4n) is 5.09. The molecule has 0 heterocycles. The molecular weight excluding hydrogens is 466 g/mol. The van der Waals surface area contributed by atoms with Gasteiger partial charge >= 0.3 is 11.9 Å². The summed E-state index contributed by atoms with van der Waals surface area (Å²) in [6.07, 6.45) is 6.46. The van der Waals surface area contributed by atoms with Crippen LogP contribution in [0.25, 0.3) is 11.1 Å². The number of rotatable bonds is 11. The summed E-state index contributed by atoms with van der Waals surface area (Å²) in [6, 6.07) is 14.5. The number of unbranched alkanes of at least 4 members (excludes halogenated alkanes) is 2. The van der Waals surface area contributed by atoms with Crippen LogP contribution in [0, 0.1) is 11.3 Å². The highest BCUT2D eigenvalue weighted by Crippen LogP contribution is 2.54. The van der Waals surface area contributed by atoms with Crippen molar-refractivity contribution in [3.63, 3.8) is 0 Å². The second-order valence-electron chi connectivity index (χ2n) is 9.63. The molecule has 0 bridgehead atoms. The Labute approximate surface area is 219 Å². The van der Waals surface area contributed by atoms with Crippen LogP contribution in [0.3, 0.4) is 0 Å². The van der Waals surface area contributed by atoms with Gasteiger partial charge in [-0.05, 0) is 60.2 Å². The lowest BCUT2D eigenvalue weighted by atomic mass is 9.70. The molecular formula is C30H35N3O4. The summed E-state index contributed by atoms with van der Waals surface area (Å²) in [5.74, 6) is -1.04. The molecule has 0 saturated carbocycles. The lowest BCUT2D eigenvalue weighted by Crippen LogP contribution is -2.26. The van der Waals surface area contributed by atoms with E-state index in [4.69, 9.17) is 9.68 Å². The largest absolute Gasteiger partial charge is 0.331 e. The van der Waals surface area contributed by atoms with Gasteiger partial charge in [-0.1, -0.05) is 68.0 Å². The number of nitrogens with zero attached hydrogens (tertiary/aromatic N) is 3. The smallest absolute Gasteiger partial charge is 0.319 e. The highest BCUT2D eigenvalue weighted by Gasteiger charge is 2.42. The molecule has 1 aliphatic rings. The average molecular weight is 502 g/mol. The standard InChI is InChI=1S/C30H35N3O4/c1-6-8-14-30(15-9-7-2)27-17-23(19-31)10-12-25(27)26-13-11-24(18-28(26)30)29(33-37-22(5)35)16-20(3)32-36-21(4)34/h10-13,17-18H,6-9,14-16H2,1-5H3/b32-20+,33-29-. The molecule has 2 aromatic carbocycles. The molecule has 7 nitrogen and oxygen atoms in total. The summed E-state index contributed by atoms with van der Waals surface area (Å²) in [5, 5.41) is 17.6. The maximum Gasteiger partial charge on any atom is 0.331 e. The van der Waals surface area contributed by atoms with Gasteiger partial charge in [-0.2, -0.15) is 5.26 Å². The van der Waals surface area contributed by atoms with Crippen molar-refractivity contribution in [1.29, 1.82) is 5.26 Å². The van der Waals surface area contributed by atoms with Crippen LogP contribution in [0.5, 0.6) is 0 Å². The molecule has 0 fully saturated rings. The molecule has 0 aromatic heterocycles. The Morgan fingerprint density at radius 3 is 2.00 bits per heavy atom. The summed E-state index contributed by atoms with van der Waals surface area (Å²) < 4.78 is 0. The number of nitriles is 1. The van der Waals surface area contributed by atoms with Crippen LogP contribution in [0.15, 0.2) is 46.7 Å². The van der Waals surface area contributed by atoms with Crippen molar-refractivity contribution in [3.05, 3.63) is 58.7 Å². The summed E-state index contributed by atoms with van der Waals surface area (Å²) in [6.45, 7) is 8.70. The molecule has 0 amide bonds. The Morgan fingerprint density at radius 1 is 0.865 bits per heavy atom. The van der Waals surface area contributed by atoms with Gasteiger partial charge in [0.15, 0.2) is 0 Å². The van der Waals surface area contributed by atoms with Crippen LogP contribution in [-0.4, -0.2) is 23.4 Å². The van der Waals surface area contributed by atoms with Crippen molar-refractivity contribution in [3.8, 4) is 17.2 Å². The zero-order chi connectivity index (χ0) is 27.0. The first kappa shape index (κ1) is 27.8. The van der Waals surface area contributed by atoms with Crippen molar-refractivity contribution in [2.24, 2.45) is 10.3 Å². The fourth-order valence-corrected chi connectivity index (χ4v) is 5.09. The van der Waals surface area contributed by atoms with E-state index in [-0.39, 0.29) is 11.8 Å². The number of hydrogen-bond acceptors (Lipinski definition) is 7. The van der Waals surface area contributed by atoms with Crippen molar-refractivity contribution in [2.45, 2.75) is 85.0 Å². The van der Waals surface area contributed by atoms with Gasteiger partial charge in [0.1, 0.15) is 0 Å². The van der Waals surface area contributed by atoms with E-state index in [0.717, 1.165) is 49.7 Å². The maximum atomic E-state index is 11.6. The molecule has 37 heavy (non-hydrogen) atoms. The Morgan fingerprint density at radius 2 is 1.43 bits per heavy atom. The van der Waals surface area contributed by atoms with E-state index in [1.54, 1.807) is 6.92 Å². The van der Waals surface area contributed by atoms with Crippen LogP contribution in [0.1, 0.15) is 102 Å². The van der Waals surface area contributed by atoms with Gasteiger partial charge < -0.3 is 9.68 Å². The first-order valence-electron chi connectivity index (χ1n) is 12.9. The van der Waals surface area contributed by atoms with E-state index in [1.165, 1.54) is 30.5 Å². The van der Waals surface area contributed by atoms with Gasteiger partial charge in [0.05, 0.1) is 23.1 Å². The molecule has 0 atom stereocenters. The van der Waals surface area contributed by atoms with Crippen LogP contribution < -0.4 is 0 Å². The molecule has 0 saturated heterocycles. The van der Waals surface area contributed by atoms with E-state index in [9.17, 15) is 14.9 Å². The van der Waals surface area contributed by atoms with Crippen LogP contribution in [-0.2, 0) is 24.7 Å². The summed E-state index contributed by atoms with van der Waals surface area (Å²) in [4.78, 5) is 32.6. The minimum absolute atomic E-state index is 0.215. The van der Waals surface area contributed by atoms with Gasteiger partial charge in [0.2, 0.25) is 0 Å². The van der Waals surface area contributed by atoms with Crippen molar-refractivity contribution >= 4 is 23.4 Å². The molecule has 0 aliphatic heterocycles. The van der Waals surface area contributed by atoms with Gasteiger partial charge in [-0.3, -0.25) is 0 Å². The first-order chi connectivity index (χ1) is 17.7.